The molecule has 2 aromatic carbocycles. The molecule has 0 bridgehead atoms. The maximum absolute atomic E-state index is 12.1. The maximum atomic E-state index is 12.1. The van der Waals surface area contributed by atoms with Crippen LogP contribution < -0.4 is 5.73 Å². The smallest absolute Gasteiger partial charge is 0.185 e. The molecule has 0 saturated carbocycles. The van der Waals surface area contributed by atoms with Crippen LogP contribution >= 0.6 is 11.6 Å². The molecule has 1 unspecified atom stereocenters. The number of ketones is 1. The van der Waals surface area contributed by atoms with Gasteiger partial charge in [0.15, 0.2) is 5.78 Å². The Morgan fingerprint density at radius 2 is 1.59 bits per heavy atom. The van der Waals surface area contributed by atoms with Gasteiger partial charge in [-0.2, -0.15) is 0 Å². The van der Waals surface area contributed by atoms with E-state index in [0.717, 1.165) is 5.56 Å². The molecule has 0 aliphatic heterocycles. The summed E-state index contributed by atoms with van der Waals surface area (Å²) in [7, 11) is 0. The van der Waals surface area contributed by atoms with E-state index in [1.54, 1.807) is 24.3 Å². The minimum Gasteiger partial charge on any atom is -0.399 e. The van der Waals surface area contributed by atoms with Gasteiger partial charge in [-0.3, -0.25) is 4.79 Å². The van der Waals surface area contributed by atoms with Gasteiger partial charge in [-0.25, -0.2) is 0 Å². The summed E-state index contributed by atoms with van der Waals surface area (Å²) in [6.07, 6.45) is 0. The van der Waals surface area contributed by atoms with Crippen LogP contribution in [0.1, 0.15) is 21.3 Å². The number of hydrogen-bond acceptors (Lipinski definition) is 2. The fourth-order valence-corrected chi connectivity index (χ4v) is 1.84. The van der Waals surface area contributed by atoms with E-state index in [-0.39, 0.29) is 5.78 Å². The van der Waals surface area contributed by atoms with Crippen LogP contribution in [0.15, 0.2) is 54.6 Å². The number of hydrogen-bond donors (Lipinski definition) is 1. The minimum atomic E-state index is -0.653. The van der Waals surface area contributed by atoms with Crippen molar-refractivity contribution < 1.29 is 4.79 Å². The third-order valence-electron chi connectivity index (χ3n) is 2.52. The quantitative estimate of drug-likeness (QED) is 0.511. The summed E-state index contributed by atoms with van der Waals surface area (Å²) in [5, 5.41) is -0.653. The topological polar surface area (TPSA) is 43.1 Å². The van der Waals surface area contributed by atoms with Gasteiger partial charge in [0.25, 0.3) is 0 Å². The summed E-state index contributed by atoms with van der Waals surface area (Å²) in [4.78, 5) is 12.1. The first-order valence-electron chi connectivity index (χ1n) is 5.27. The molecular formula is C14H12ClNO. The molecule has 2 aromatic rings. The standard InChI is InChI=1S/C14H12ClNO/c15-13(10-4-2-1-3-5-10)14(17)11-6-8-12(16)9-7-11/h1-9,13H,16H2. The largest absolute Gasteiger partial charge is 0.399 e. The number of anilines is 1. The molecule has 2 N–H and O–H groups in total. The predicted octanol–water partition coefficient (Wildman–Crippen LogP) is 3.43. The third-order valence-corrected chi connectivity index (χ3v) is 2.97. The lowest BCUT2D eigenvalue weighted by molar-refractivity contribution is 0.0987. The van der Waals surface area contributed by atoms with Crippen LogP contribution in [-0.4, -0.2) is 5.78 Å². The number of nitrogen functional groups attached to an aromatic ring is 1. The Labute approximate surface area is 105 Å². The number of Topliss-reactive ketones (excluding diaryl/α,β-unsaturated/α-hetero) is 1. The van der Waals surface area contributed by atoms with Crippen molar-refractivity contribution in [2.24, 2.45) is 0 Å². The normalized spacial score (nSPS) is 12.1. The molecule has 0 heterocycles. The van der Waals surface area contributed by atoms with Crippen LogP contribution in [0.3, 0.4) is 0 Å². The van der Waals surface area contributed by atoms with Gasteiger partial charge in [-0.05, 0) is 29.8 Å². The molecule has 0 aliphatic carbocycles. The summed E-state index contributed by atoms with van der Waals surface area (Å²) in [5.74, 6) is -0.113. The minimum absolute atomic E-state index is 0.113. The van der Waals surface area contributed by atoms with Crippen LogP contribution in [0.5, 0.6) is 0 Å². The second-order valence-corrected chi connectivity index (χ2v) is 4.20. The van der Waals surface area contributed by atoms with E-state index < -0.39 is 5.38 Å². The first kappa shape index (κ1) is 11.7. The zero-order chi connectivity index (χ0) is 12.3. The van der Waals surface area contributed by atoms with Crippen molar-refractivity contribution in [3.05, 3.63) is 65.7 Å². The van der Waals surface area contributed by atoms with Crippen molar-refractivity contribution in [3.8, 4) is 0 Å². The fraction of sp³-hybridized carbons (Fsp3) is 0.0714. The van der Waals surface area contributed by atoms with Gasteiger partial charge in [0.1, 0.15) is 5.38 Å². The van der Waals surface area contributed by atoms with Crippen LogP contribution in [0.25, 0.3) is 0 Å². The number of carbonyl (C=O) groups excluding carboxylic acids is 1. The Bertz CT molecular complexity index is 508. The van der Waals surface area contributed by atoms with E-state index in [2.05, 4.69) is 0 Å². The molecule has 0 aromatic heterocycles. The lowest BCUT2D eigenvalue weighted by Crippen LogP contribution is -2.07. The van der Waals surface area contributed by atoms with Crippen molar-refractivity contribution in [2.45, 2.75) is 5.38 Å². The van der Waals surface area contributed by atoms with E-state index in [1.807, 2.05) is 30.3 Å². The predicted molar refractivity (Wildman–Crippen MR) is 70.2 cm³/mol. The molecule has 0 saturated heterocycles. The van der Waals surface area contributed by atoms with Gasteiger partial charge in [-0.1, -0.05) is 30.3 Å². The number of carbonyl (C=O) groups is 1. The van der Waals surface area contributed by atoms with Gasteiger partial charge in [0, 0.05) is 11.3 Å². The summed E-state index contributed by atoms with van der Waals surface area (Å²) < 4.78 is 0. The van der Waals surface area contributed by atoms with E-state index in [9.17, 15) is 4.79 Å². The highest BCUT2D eigenvalue weighted by molar-refractivity contribution is 6.33. The molecule has 0 aliphatic rings. The van der Waals surface area contributed by atoms with Crippen LogP contribution in [0.4, 0.5) is 5.69 Å². The molecular weight excluding hydrogens is 234 g/mol. The molecule has 0 amide bonds. The van der Waals surface area contributed by atoms with Crippen LogP contribution in [0.2, 0.25) is 0 Å². The van der Waals surface area contributed by atoms with Crippen molar-refractivity contribution in [2.75, 3.05) is 5.73 Å². The number of nitrogens with two attached hydrogens (primary N) is 1. The van der Waals surface area contributed by atoms with E-state index in [4.69, 9.17) is 17.3 Å². The first-order chi connectivity index (χ1) is 8.18. The summed E-state index contributed by atoms with van der Waals surface area (Å²) in [6, 6.07) is 16.1. The highest BCUT2D eigenvalue weighted by Crippen LogP contribution is 2.25. The number of benzene rings is 2. The Morgan fingerprint density at radius 1 is 1.00 bits per heavy atom. The van der Waals surface area contributed by atoms with Crippen LogP contribution in [0, 0.1) is 0 Å². The number of alkyl halides is 1. The van der Waals surface area contributed by atoms with Crippen LogP contribution in [-0.2, 0) is 0 Å². The van der Waals surface area contributed by atoms with E-state index in [1.165, 1.54) is 0 Å². The summed E-state index contributed by atoms with van der Waals surface area (Å²) in [6.45, 7) is 0. The first-order valence-corrected chi connectivity index (χ1v) is 5.71. The average Bonchev–Trinajstić information content (AvgIpc) is 2.39. The Morgan fingerprint density at radius 3 is 2.18 bits per heavy atom. The molecule has 2 rings (SSSR count). The highest BCUT2D eigenvalue weighted by atomic mass is 35.5. The second kappa shape index (κ2) is 5.02. The highest BCUT2D eigenvalue weighted by Gasteiger charge is 2.18. The van der Waals surface area contributed by atoms with Gasteiger partial charge in [0.2, 0.25) is 0 Å². The monoisotopic (exact) mass is 245 g/mol. The summed E-state index contributed by atoms with van der Waals surface area (Å²) in [5.41, 5.74) is 7.58. The molecule has 2 nitrogen and oxygen atoms in total. The SMILES string of the molecule is Nc1ccc(C(=O)C(Cl)c2ccccc2)cc1. The van der Waals surface area contributed by atoms with E-state index in [0.29, 0.717) is 11.3 Å². The Kier molecular flexibility index (Phi) is 3.45. The third kappa shape index (κ3) is 2.66. The van der Waals surface area contributed by atoms with Gasteiger partial charge < -0.3 is 5.73 Å². The molecule has 0 spiro atoms. The van der Waals surface area contributed by atoms with Crippen molar-refractivity contribution in [1.29, 1.82) is 0 Å². The molecule has 86 valence electrons. The Balaban J connectivity index is 2.23. The number of halogens is 1. The fourth-order valence-electron chi connectivity index (χ4n) is 1.57. The average molecular weight is 246 g/mol. The van der Waals surface area contributed by atoms with Crippen molar-refractivity contribution in [1.82, 2.24) is 0 Å². The number of rotatable bonds is 3. The van der Waals surface area contributed by atoms with Crippen molar-refractivity contribution in [3.63, 3.8) is 0 Å². The Hall–Kier alpha value is -1.80. The molecule has 0 radical (unpaired) electrons. The van der Waals surface area contributed by atoms with Gasteiger partial charge in [-0.15, -0.1) is 11.6 Å². The maximum Gasteiger partial charge on any atom is 0.185 e. The van der Waals surface area contributed by atoms with Gasteiger partial charge in [0.05, 0.1) is 0 Å². The lowest BCUT2D eigenvalue weighted by Gasteiger charge is -2.08. The lowest BCUT2D eigenvalue weighted by atomic mass is 10.0. The molecule has 0 fully saturated rings. The van der Waals surface area contributed by atoms with E-state index >= 15 is 0 Å². The molecule has 3 heteroatoms. The molecule has 17 heavy (non-hydrogen) atoms. The summed E-state index contributed by atoms with van der Waals surface area (Å²) >= 11 is 6.15. The van der Waals surface area contributed by atoms with Gasteiger partial charge >= 0.3 is 0 Å². The second-order valence-electron chi connectivity index (χ2n) is 3.76. The zero-order valence-electron chi connectivity index (χ0n) is 9.14. The zero-order valence-corrected chi connectivity index (χ0v) is 9.89. The molecule has 1 atom stereocenters. The van der Waals surface area contributed by atoms with Crippen molar-refractivity contribution >= 4 is 23.1 Å².